The minimum Gasteiger partial charge on any atom is -0.378 e. The highest BCUT2D eigenvalue weighted by Gasteiger charge is 2.33. The highest BCUT2D eigenvalue weighted by Crippen LogP contribution is 2.25. The Kier molecular flexibility index (Phi) is 5.41. The molecule has 2 heterocycles. The highest BCUT2D eigenvalue weighted by molar-refractivity contribution is 6.30. The number of halogens is 1. The van der Waals surface area contributed by atoms with Crippen LogP contribution in [0.5, 0.6) is 0 Å². The van der Waals surface area contributed by atoms with Gasteiger partial charge in [0.2, 0.25) is 5.91 Å². The predicted octanol–water partition coefficient (Wildman–Crippen LogP) is 2.23. The maximum absolute atomic E-state index is 12.5. The zero-order valence-corrected chi connectivity index (χ0v) is 14.4. The van der Waals surface area contributed by atoms with E-state index in [9.17, 15) is 14.7 Å². The van der Waals surface area contributed by atoms with Crippen molar-refractivity contribution < 1.29 is 14.7 Å². The van der Waals surface area contributed by atoms with E-state index in [1.54, 1.807) is 29.2 Å². The fourth-order valence-electron chi connectivity index (χ4n) is 3.53. The second kappa shape index (κ2) is 7.53. The Morgan fingerprint density at radius 1 is 1.08 bits per heavy atom. The minimum atomic E-state index is -1.20. The maximum atomic E-state index is 12.5. The summed E-state index contributed by atoms with van der Waals surface area (Å²) in [5.41, 5.74) is 0.503. The summed E-state index contributed by atoms with van der Waals surface area (Å²) in [6, 6.07) is 6.72. The first kappa shape index (κ1) is 17.2. The molecule has 0 aliphatic carbocycles. The Bertz CT molecular complexity index is 608. The van der Waals surface area contributed by atoms with Crippen molar-refractivity contribution in [3.05, 3.63) is 34.9 Å². The average molecular weight is 351 g/mol. The van der Waals surface area contributed by atoms with Gasteiger partial charge in [-0.15, -0.1) is 0 Å². The molecule has 2 aliphatic heterocycles. The van der Waals surface area contributed by atoms with Crippen molar-refractivity contribution >= 4 is 23.4 Å². The van der Waals surface area contributed by atoms with Crippen molar-refractivity contribution in [1.82, 2.24) is 9.80 Å². The van der Waals surface area contributed by atoms with E-state index >= 15 is 0 Å². The number of carbonyl (C=O) groups excluding carboxylic acids is 2. The summed E-state index contributed by atoms with van der Waals surface area (Å²) in [6.07, 6.45) is 2.32. The van der Waals surface area contributed by atoms with Gasteiger partial charge in [-0.3, -0.25) is 9.59 Å². The standard InChI is InChI=1S/C18H23ClN2O3/c19-15-5-3-4-14(12-15)16(22)18(24)21-10-6-13(7-11-21)17(23)20-8-1-2-9-20/h3-5,12-13,16,22H,1-2,6-11H2/t16-/m0/s1. The van der Waals surface area contributed by atoms with E-state index in [4.69, 9.17) is 11.6 Å². The molecule has 1 aromatic rings. The smallest absolute Gasteiger partial charge is 0.256 e. The third-order valence-electron chi connectivity index (χ3n) is 4.97. The van der Waals surface area contributed by atoms with Crippen molar-refractivity contribution in [2.24, 2.45) is 5.92 Å². The molecule has 2 saturated heterocycles. The Labute approximate surface area is 147 Å². The predicted molar refractivity (Wildman–Crippen MR) is 91.5 cm³/mol. The van der Waals surface area contributed by atoms with Crippen molar-refractivity contribution in [3.8, 4) is 0 Å². The lowest BCUT2D eigenvalue weighted by molar-refractivity contribution is -0.145. The van der Waals surface area contributed by atoms with E-state index in [1.165, 1.54) is 0 Å². The summed E-state index contributed by atoms with van der Waals surface area (Å²) in [4.78, 5) is 28.5. The zero-order chi connectivity index (χ0) is 17.1. The van der Waals surface area contributed by atoms with Gasteiger partial charge < -0.3 is 14.9 Å². The Morgan fingerprint density at radius 3 is 2.38 bits per heavy atom. The van der Waals surface area contributed by atoms with E-state index in [1.807, 2.05) is 4.90 Å². The quantitative estimate of drug-likeness (QED) is 0.909. The van der Waals surface area contributed by atoms with Crippen molar-refractivity contribution in [3.63, 3.8) is 0 Å². The van der Waals surface area contributed by atoms with Crippen molar-refractivity contribution in [1.29, 1.82) is 0 Å². The number of piperidine rings is 1. The molecule has 0 spiro atoms. The summed E-state index contributed by atoms with van der Waals surface area (Å²) in [5.74, 6) is -0.0743. The van der Waals surface area contributed by atoms with Crippen LogP contribution in [0, 0.1) is 5.92 Å². The number of benzene rings is 1. The molecule has 0 unspecified atom stereocenters. The van der Waals surface area contributed by atoms with E-state index in [0.29, 0.717) is 36.5 Å². The molecule has 0 saturated carbocycles. The van der Waals surface area contributed by atoms with Crippen molar-refractivity contribution in [2.75, 3.05) is 26.2 Å². The second-order valence-electron chi connectivity index (χ2n) is 6.59. The van der Waals surface area contributed by atoms with E-state index in [2.05, 4.69) is 0 Å². The van der Waals surface area contributed by atoms with Crippen LogP contribution in [0.2, 0.25) is 5.02 Å². The lowest BCUT2D eigenvalue weighted by atomic mass is 9.94. The monoisotopic (exact) mass is 350 g/mol. The van der Waals surface area contributed by atoms with Gasteiger partial charge in [0.15, 0.2) is 6.10 Å². The van der Waals surface area contributed by atoms with Gasteiger partial charge in [-0.1, -0.05) is 23.7 Å². The number of nitrogens with zero attached hydrogens (tertiary/aromatic N) is 2. The summed E-state index contributed by atoms with van der Waals surface area (Å²) >= 11 is 5.92. The second-order valence-corrected chi connectivity index (χ2v) is 7.03. The molecule has 2 aliphatic rings. The molecule has 2 amide bonds. The normalized spacial score (nSPS) is 20.2. The highest BCUT2D eigenvalue weighted by atomic mass is 35.5. The molecule has 130 valence electrons. The number of aliphatic hydroxyl groups excluding tert-OH is 1. The van der Waals surface area contributed by atoms with E-state index in [-0.39, 0.29) is 17.7 Å². The van der Waals surface area contributed by atoms with Crippen LogP contribution in [0.1, 0.15) is 37.4 Å². The first-order chi connectivity index (χ1) is 11.6. The molecular formula is C18H23ClN2O3. The molecule has 3 rings (SSSR count). The zero-order valence-electron chi connectivity index (χ0n) is 13.7. The van der Waals surface area contributed by atoms with Crippen LogP contribution in [0.25, 0.3) is 0 Å². The molecule has 24 heavy (non-hydrogen) atoms. The first-order valence-corrected chi connectivity index (χ1v) is 8.95. The molecule has 6 heteroatoms. The molecule has 0 bridgehead atoms. The number of rotatable bonds is 3. The largest absolute Gasteiger partial charge is 0.378 e. The van der Waals surface area contributed by atoms with Gasteiger partial charge in [-0.05, 0) is 43.4 Å². The van der Waals surface area contributed by atoms with Gasteiger partial charge in [-0.2, -0.15) is 0 Å². The molecular weight excluding hydrogens is 328 g/mol. The van der Waals surface area contributed by atoms with Crippen LogP contribution in [0.3, 0.4) is 0 Å². The van der Waals surface area contributed by atoms with Gasteiger partial charge >= 0.3 is 0 Å². The number of likely N-dealkylation sites (tertiary alicyclic amines) is 2. The molecule has 1 N–H and O–H groups in total. The summed E-state index contributed by atoms with van der Waals surface area (Å²) in [6.45, 7) is 2.76. The molecule has 5 nitrogen and oxygen atoms in total. The van der Waals surface area contributed by atoms with Crippen LogP contribution < -0.4 is 0 Å². The minimum absolute atomic E-state index is 0.00969. The van der Waals surface area contributed by atoms with Gasteiger partial charge in [0.25, 0.3) is 5.91 Å². The Balaban J connectivity index is 1.55. The summed E-state index contributed by atoms with van der Waals surface area (Å²) in [7, 11) is 0. The molecule has 2 fully saturated rings. The van der Waals surface area contributed by atoms with Gasteiger partial charge in [0, 0.05) is 37.1 Å². The number of hydrogen-bond acceptors (Lipinski definition) is 3. The van der Waals surface area contributed by atoms with Gasteiger partial charge in [0.05, 0.1) is 0 Å². The number of aliphatic hydroxyl groups is 1. The van der Waals surface area contributed by atoms with E-state index < -0.39 is 6.10 Å². The van der Waals surface area contributed by atoms with Crippen LogP contribution in [-0.4, -0.2) is 52.9 Å². The maximum Gasteiger partial charge on any atom is 0.256 e. The number of carbonyl (C=O) groups is 2. The summed E-state index contributed by atoms with van der Waals surface area (Å²) < 4.78 is 0. The Morgan fingerprint density at radius 2 is 1.75 bits per heavy atom. The van der Waals surface area contributed by atoms with Crippen LogP contribution in [0.15, 0.2) is 24.3 Å². The topological polar surface area (TPSA) is 60.9 Å². The molecule has 1 atom stereocenters. The average Bonchev–Trinajstić information content (AvgIpc) is 3.14. The number of amides is 2. The fraction of sp³-hybridized carbons (Fsp3) is 0.556. The lowest BCUT2D eigenvalue weighted by Crippen LogP contribution is -2.45. The summed E-state index contributed by atoms with van der Waals surface area (Å²) in [5, 5.41) is 10.8. The van der Waals surface area contributed by atoms with Crippen LogP contribution in [0.4, 0.5) is 0 Å². The van der Waals surface area contributed by atoms with E-state index in [0.717, 1.165) is 25.9 Å². The molecule has 0 aromatic heterocycles. The fourth-order valence-corrected chi connectivity index (χ4v) is 3.73. The lowest BCUT2D eigenvalue weighted by Gasteiger charge is -2.34. The van der Waals surface area contributed by atoms with Crippen LogP contribution in [-0.2, 0) is 9.59 Å². The Hall–Kier alpha value is -1.59. The van der Waals surface area contributed by atoms with Crippen LogP contribution >= 0.6 is 11.6 Å². The van der Waals surface area contributed by atoms with Crippen molar-refractivity contribution in [2.45, 2.75) is 31.8 Å². The van der Waals surface area contributed by atoms with Gasteiger partial charge in [0.1, 0.15) is 0 Å². The van der Waals surface area contributed by atoms with Gasteiger partial charge in [-0.25, -0.2) is 0 Å². The third kappa shape index (κ3) is 3.73. The third-order valence-corrected chi connectivity index (χ3v) is 5.21. The first-order valence-electron chi connectivity index (χ1n) is 8.57. The SMILES string of the molecule is O=C(C1CCN(C(=O)[C@@H](O)c2cccc(Cl)c2)CC1)N1CCCC1. The number of hydrogen-bond donors (Lipinski definition) is 1. The molecule has 0 radical (unpaired) electrons. The molecule has 1 aromatic carbocycles.